The van der Waals surface area contributed by atoms with Gasteiger partial charge in [0.15, 0.2) is 0 Å². The van der Waals surface area contributed by atoms with Crippen molar-refractivity contribution in [1.29, 1.82) is 0 Å². The highest BCUT2D eigenvalue weighted by atomic mass is 32.2. The Labute approximate surface area is 180 Å². The zero-order valence-electron chi connectivity index (χ0n) is 16.9. The molecule has 160 valence electrons. The van der Waals surface area contributed by atoms with Gasteiger partial charge in [-0.3, -0.25) is 9.52 Å². The van der Waals surface area contributed by atoms with Gasteiger partial charge in [0, 0.05) is 17.2 Å². The van der Waals surface area contributed by atoms with Crippen molar-refractivity contribution in [2.45, 2.75) is 30.8 Å². The number of para-hydroxylation sites is 2. The molecule has 0 bridgehead atoms. The lowest BCUT2D eigenvalue weighted by molar-refractivity contribution is 0.102. The van der Waals surface area contributed by atoms with Gasteiger partial charge in [0.25, 0.3) is 15.9 Å². The normalized spacial score (nSPS) is 17.5. The van der Waals surface area contributed by atoms with Crippen LogP contribution in [-0.2, 0) is 10.0 Å². The zero-order valence-corrected chi connectivity index (χ0v) is 17.7. The summed E-state index contributed by atoms with van der Waals surface area (Å²) in [7, 11) is -4.05. The standard InChI is InChI=1S/C23H21FN2O4S/c1-14-15(2)30-22-18(14)9-6-10-19(22)23(27)25-16-7-5-8-17(13-16)31(28,29)26-21-12-4-3-11-20(21)24/h3-15,26H,1-2H3,(H,25,27)/t14-,15-/m1/s1. The summed E-state index contributed by atoms with van der Waals surface area (Å²) in [5.41, 5.74) is 1.48. The largest absolute Gasteiger partial charge is 0.489 e. The van der Waals surface area contributed by atoms with Gasteiger partial charge >= 0.3 is 0 Å². The molecular weight excluding hydrogens is 419 g/mol. The van der Waals surface area contributed by atoms with E-state index in [1.165, 1.54) is 36.4 Å². The molecule has 0 aromatic heterocycles. The van der Waals surface area contributed by atoms with Gasteiger partial charge in [-0.05, 0) is 43.3 Å². The summed E-state index contributed by atoms with van der Waals surface area (Å²) < 4.78 is 47.3. The van der Waals surface area contributed by atoms with Crippen molar-refractivity contribution in [2.24, 2.45) is 0 Å². The second kappa shape index (κ2) is 8.03. The topological polar surface area (TPSA) is 84.5 Å². The molecule has 31 heavy (non-hydrogen) atoms. The van der Waals surface area contributed by atoms with Crippen LogP contribution in [0.1, 0.15) is 35.7 Å². The van der Waals surface area contributed by atoms with Crippen LogP contribution in [0.3, 0.4) is 0 Å². The van der Waals surface area contributed by atoms with Crippen LogP contribution in [0.25, 0.3) is 0 Å². The minimum atomic E-state index is -4.05. The number of rotatable bonds is 5. The number of nitrogens with one attached hydrogen (secondary N) is 2. The molecule has 1 amide bonds. The van der Waals surface area contributed by atoms with E-state index in [0.717, 1.165) is 11.6 Å². The predicted octanol–water partition coefficient (Wildman–Crippen LogP) is 4.76. The first-order valence-electron chi connectivity index (χ1n) is 9.74. The van der Waals surface area contributed by atoms with Gasteiger partial charge in [0.2, 0.25) is 0 Å². The average molecular weight is 440 g/mol. The number of carbonyl (C=O) groups excluding carboxylic acids is 1. The minimum absolute atomic E-state index is 0.0399. The van der Waals surface area contributed by atoms with Crippen LogP contribution in [0, 0.1) is 5.82 Å². The summed E-state index contributed by atoms with van der Waals surface area (Å²) in [4.78, 5) is 12.8. The Morgan fingerprint density at radius 1 is 1.00 bits per heavy atom. The molecule has 0 fully saturated rings. The number of hydrogen-bond acceptors (Lipinski definition) is 4. The van der Waals surface area contributed by atoms with E-state index in [0.29, 0.717) is 11.3 Å². The van der Waals surface area contributed by atoms with Crippen LogP contribution in [0.5, 0.6) is 5.75 Å². The van der Waals surface area contributed by atoms with E-state index < -0.39 is 21.7 Å². The molecular formula is C23H21FN2O4S. The highest BCUT2D eigenvalue weighted by Crippen LogP contribution is 2.40. The van der Waals surface area contributed by atoms with Gasteiger partial charge in [-0.15, -0.1) is 0 Å². The quantitative estimate of drug-likeness (QED) is 0.599. The van der Waals surface area contributed by atoms with E-state index in [-0.39, 0.29) is 28.3 Å². The summed E-state index contributed by atoms with van der Waals surface area (Å²) in [5, 5.41) is 2.72. The maximum absolute atomic E-state index is 13.8. The van der Waals surface area contributed by atoms with Crippen molar-refractivity contribution in [1.82, 2.24) is 0 Å². The highest BCUT2D eigenvalue weighted by molar-refractivity contribution is 7.92. The minimum Gasteiger partial charge on any atom is -0.489 e. The number of halogens is 1. The van der Waals surface area contributed by atoms with Crippen molar-refractivity contribution < 1.29 is 22.3 Å². The molecule has 0 unspecified atom stereocenters. The van der Waals surface area contributed by atoms with Crippen molar-refractivity contribution in [3.8, 4) is 5.75 Å². The fourth-order valence-corrected chi connectivity index (χ4v) is 4.56. The molecule has 0 radical (unpaired) electrons. The predicted molar refractivity (Wildman–Crippen MR) is 117 cm³/mol. The molecule has 3 aromatic rings. The Morgan fingerprint density at radius 3 is 2.52 bits per heavy atom. The Morgan fingerprint density at radius 2 is 1.74 bits per heavy atom. The third-order valence-electron chi connectivity index (χ3n) is 5.31. The van der Waals surface area contributed by atoms with E-state index in [1.807, 2.05) is 19.9 Å². The van der Waals surface area contributed by atoms with E-state index in [2.05, 4.69) is 10.0 Å². The number of benzene rings is 3. The Hall–Kier alpha value is -3.39. The van der Waals surface area contributed by atoms with Gasteiger partial charge in [-0.2, -0.15) is 0 Å². The molecule has 1 aliphatic heterocycles. The van der Waals surface area contributed by atoms with Gasteiger partial charge < -0.3 is 10.1 Å². The molecule has 3 aromatic carbocycles. The van der Waals surface area contributed by atoms with Gasteiger partial charge in [0.05, 0.1) is 16.1 Å². The van der Waals surface area contributed by atoms with E-state index in [4.69, 9.17) is 4.74 Å². The maximum atomic E-state index is 13.8. The number of amides is 1. The van der Waals surface area contributed by atoms with Crippen LogP contribution < -0.4 is 14.8 Å². The lowest BCUT2D eigenvalue weighted by Gasteiger charge is -2.12. The van der Waals surface area contributed by atoms with Crippen LogP contribution in [0.15, 0.2) is 71.6 Å². The second-order valence-corrected chi connectivity index (χ2v) is 9.09. The SMILES string of the molecule is C[C@H]1Oc2c(C(=O)Nc3cccc(S(=O)(=O)Nc4ccccc4F)c3)cccc2[C@@H]1C. The van der Waals surface area contributed by atoms with Crippen molar-refractivity contribution >= 4 is 27.3 Å². The lowest BCUT2D eigenvalue weighted by Crippen LogP contribution is -2.16. The van der Waals surface area contributed by atoms with Gasteiger partial charge in [-0.1, -0.05) is 37.3 Å². The molecule has 0 spiro atoms. The smallest absolute Gasteiger partial charge is 0.262 e. The summed E-state index contributed by atoms with van der Waals surface area (Å²) in [6.45, 7) is 3.98. The Bertz CT molecular complexity index is 1260. The average Bonchev–Trinajstić information content (AvgIpc) is 3.04. The first-order chi connectivity index (χ1) is 14.8. The number of fused-ring (bicyclic) bond motifs is 1. The Kier molecular flexibility index (Phi) is 5.41. The molecule has 4 rings (SSSR count). The van der Waals surface area contributed by atoms with Crippen LogP contribution >= 0.6 is 0 Å². The van der Waals surface area contributed by atoms with Crippen LogP contribution in [0.4, 0.5) is 15.8 Å². The second-order valence-electron chi connectivity index (χ2n) is 7.40. The molecule has 2 atom stereocenters. The highest BCUT2D eigenvalue weighted by Gasteiger charge is 2.31. The molecule has 0 saturated heterocycles. The first-order valence-corrected chi connectivity index (χ1v) is 11.2. The van der Waals surface area contributed by atoms with E-state index in [1.54, 1.807) is 18.2 Å². The molecule has 1 heterocycles. The third-order valence-corrected chi connectivity index (χ3v) is 6.67. The molecule has 8 heteroatoms. The molecule has 2 N–H and O–H groups in total. The van der Waals surface area contributed by atoms with Crippen LogP contribution in [0.2, 0.25) is 0 Å². The number of hydrogen-bond donors (Lipinski definition) is 2. The maximum Gasteiger partial charge on any atom is 0.262 e. The number of sulfonamides is 1. The molecule has 0 aliphatic carbocycles. The number of carbonyl (C=O) groups is 1. The Balaban J connectivity index is 1.58. The van der Waals surface area contributed by atoms with E-state index in [9.17, 15) is 17.6 Å². The van der Waals surface area contributed by atoms with E-state index >= 15 is 0 Å². The van der Waals surface area contributed by atoms with Crippen molar-refractivity contribution in [3.63, 3.8) is 0 Å². The summed E-state index contributed by atoms with van der Waals surface area (Å²) in [5.74, 6) is -0.377. The van der Waals surface area contributed by atoms with Crippen molar-refractivity contribution in [2.75, 3.05) is 10.0 Å². The van der Waals surface area contributed by atoms with Crippen LogP contribution in [-0.4, -0.2) is 20.4 Å². The molecule has 6 nitrogen and oxygen atoms in total. The fourth-order valence-electron chi connectivity index (χ4n) is 3.45. The third kappa shape index (κ3) is 4.11. The fraction of sp³-hybridized carbons (Fsp3) is 0.174. The summed E-state index contributed by atoms with van der Waals surface area (Å²) >= 11 is 0. The number of anilines is 2. The van der Waals surface area contributed by atoms with Crippen molar-refractivity contribution in [3.05, 3.63) is 83.7 Å². The molecule has 1 aliphatic rings. The molecule has 0 saturated carbocycles. The lowest BCUT2D eigenvalue weighted by atomic mass is 9.97. The monoisotopic (exact) mass is 440 g/mol. The summed E-state index contributed by atoms with van der Waals surface area (Å²) in [6.07, 6.45) is -0.0399. The first kappa shape index (κ1) is 20.9. The van der Waals surface area contributed by atoms with Gasteiger partial charge in [0.1, 0.15) is 17.7 Å². The van der Waals surface area contributed by atoms with Gasteiger partial charge in [-0.25, -0.2) is 12.8 Å². The zero-order chi connectivity index (χ0) is 22.2. The number of ether oxygens (including phenoxy) is 1. The summed E-state index contributed by atoms with van der Waals surface area (Å²) in [6, 6.07) is 16.6.